The molecule has 0 radical (unpaired) electrons. The maximum absolute atomic E-state index is 12.3. The van der Waals surface area contributed by atoms with Gasteiger partial charge >= 0.3 is 0 Å². The number of nitrogens with one attached hydrogen (secondary N) is 1. The number of fused-ring (bicyclic) bond motifs is 1. The molecule has 5 heteroatoms. The van der Waals surface area contributed by atoms with E-state index in [4.69, 9.17) is 0 Å². The molecule has 3 rings (SSSR count). The van der Waals surface area contributed by atoms with Gasteiger partial charge in [0.05, 0.1) is 10.2 Å². The fourth-order valence-corrected chi connectivity index (χ4v) is 3.84. The summed E-state index contributed by atoms with van der Waals surface area (Å²) in [5, 5.41) is 3.63. The predicted octanol–water partition coefficient (Wildman–Crippen LogP) is 3.15. The Morgan fingerprint density at radius 2 is 2.09 bits per heavy atom. The van der Waals surface area contributed by atoms with E-state index in [-0.39, 0.29) is 5.91 Å². The highest BCUT2D eigenvalue weighted by Crippen LogP contribution is 2.22. The first kappa shape index (κ1) is 15.4. The van der Waals surface area contributed by atoms with Crippen molar-refractivity contribution in [3.8, 4) is 0 Å². The molecule has 22 heavy (non-hydrogen) atoms. The number of carbonyl (C=O) groups excluding carboxylic acids is 1. The highest BCUT2D eigenvalue weighted by atomic mass is 32.1. The van der Waals surface area contributed by atoms with Crippen LogP contribution in [-0.4, -0.2) is 41.5 Å². The van der Waals surface area contributed by atoms with Gasteiger partial charge in [0, 0.05) is 12.6 Å². The molecule has 1 fully saturated rings. The minimum Gasteiger partial charge on any atom is -0.350 e. The van der Waals surface area contributed by atoms with E-state index in [1.165, 1.54) is 11.3 Å². The Hall–Kier alpha value is -1.46. The average molecular weight is 317 g/mol. The largest absolute Gasteiger partial charge is 0.350 e. The molecule has 0 aliphatic carbocycles. The Morgan fingerprint density at radius 3 is 2.77 bits per heavy atom. The van der Waals surface area contributed by atoms with Gasteiger partial charge in [0.15, 0.2) is 5.01 Å². The lowest BCUT2D eigenvalue weighted by atomic mass is 9.96. The first-order chi connectivity index (χ1) is 10.6. The molecular formula is C17H23N3OS. The van der Waals surface area contributed by atoms with E-state index in [0.717, 1.165) is 42.7 Å². The molecule has 0 bridgehead atoms. The second kappa shape index (κ2) is 6.75. The fourth-order valence-electron chi connectivity index (χ4n) is 2.96. The summed E-state index contributed by atoms with van der Waals surface area (Å²) in [6.07, 6.45) is 2.33. The van der Waals surface area contributed by atoms with Crippen molar-refractivity contribution in [1.82, 2.24) is 15.2 Å². The third kappa shape index (κ3) is 3.47. The lowest BCUT2D eigenvalue weighted by Gasteiger charge is -2.34. The highest BCUT2D eigenvalue weighted by Gasteiger charge is 2.21. The number of amides is 1. The van der Waals surface area contributed by atoms with Crippen molar-refractivity contribution in [2.45, 2.75) is 32.7 Å². The molecule has 1 amide bonds. The topological polar surface area (TPSA) is 45.2 Å². The number of benzene rings is 1. The first-order valence-electron chi connectivity index (χ1n) is 8.01. The summed E-state index contributed by atoms with van der Waals surface area (Å²) in [6.45, 7) is 7.53. The maximum Gasteiger partial charge on any atom is 0.280 e. The molecule has 1 aliphatic heterocycles. The van der Waals surface area contributed by atoms with Gasteiger partial charge in [0.2, 0.25) is 0 Å². The number of para-hydroxylation sites is 1. The molecule has 1 aromatic heterocycles. The third-order valence-electron chi connectivity index (χ3n) is 4.42. The standard InChI is InChI=1S/C17H23N3OS/c1-12(2)20-9-7-13(8-10-20)11-18-16(21)17-19-14-5-3-4-6-15(14)22-17/h3-6,12-13H,7-11H2,1-2H3,(H,18,21). The summed E-state index contributed by atoms with van der Waals surface area (Å²) in [5.41, 5.74) is 0.905. The number of thiazole rings is 1. The average Bonchev–Trinajstić information content (AvgIpc) is 2.97. The van der Waals surface area contributed by atoms with E-state index in [2.05, 4.69) is 29.0 Å². The van der Waals surface area contributed by atoms with E-state index in [9.17, 15) is 4.79 Å². The molecule has 4 nitrogen and oxygen atoms in total. The number of likely N-dealkylation sites (tertiary alicyclic amines) is 1. The van der Waals surface area contributed by atoms with E-state index < -0.39 is 0 Å². The zero-order chi connectivity index (χ0) is 15.5. The second-order valence-electron chi connectivity index (χ2n) is 6.27. The smallest absolute Gasteiger partial charge is 0.280 e. The van der Waals surface area contributed by atoms with Crippen LogP contribution >= 0.6 is 11.3 Å². The normalized spacial score (nSPS) is 17.2. The van der Waals surface area contributed by atoms with Crippen LogP contribution in [0.4, 0.5) is 0 Å². The Bertz CT molecular complexity index is 611. The molecule has 0 unspecified atom stereocenters. The zero-order valence-electron chi connectivity index (χ0n) is 13.2. The van der Waals surface area contributed by atoms with Crippen molar-refractivity contribution in [1.29, 1.82) is 0 Å². The van der Waals surface area contributed by atoms with Crippen molar-refractivity contribution < 1.29 is 4.79 Å². The van der Waals surface area contributed by atoms with Gasteiger partial charge in [-0.2, -0.15) is 0 Å². The van der Waals surface area contributed by atoms with Crippen LogP contribution in [0.25, 0.3) is 10.2 Å². The zero-order valence-corrected chi connectivity index (χ0v) is 14.0. The van der Waals surface area contributed by atoms with Crippen LogP contribution in [0.15, 0.2) is 24.3 Å². The van der Waals surface area contributed by atoms with Crippen LogP contribution in [0.3, 0.4) is 0 Å². The lowest BCUT2D eigenvalue weighted by molar-refractivity contribution is 0.0929. The van der Waals surface area contributed by atoms with Crippen LogP contribution in [0.5, 0.6) is 0 Å². The van der Waals surface area contributed by atoms with Crippen molar-refractivity contribution in [3.05, 3.63) is 29.3 Å². The van der Waals surface area contributed by atoms with Crippen LogP contribution in [0.1, 0.15) is 36.5 Å². The number of rotatable bonds is 4. The molecule has 0 saturated carbocycles. The number of piperidine rings is 1. The molecule has 0 spiro atoms. The van der Waals surface area contributed by atoms with E-state index >= 15 is 0 Å². The summed E-state index contributed by atoms with van der Waals surface area (Å²) in [7, 11) is 0. The molecule has 2 heterocycles. The quantitative estimate of drug-likeness (QED) is 0.942. The van der Waals surface area contributed by atoms with Gasteiger partial charge in [-0.15, -0.1) is 11.3 Å². The molecule has 1 aromatic carbocycles. The molecule has 1 aliphatic rings. The highest BCUT2D eigenvalue weighted by molar-refractivity contribution is 7.20. The number of carbonyl (C=O) groups is 1. The van der Waals surface area contributed by atoms with Gasteiger partial charge in [-0.25, -0.2) is 4.98 Å². The molecule has 1 saturated heterocycles. The predicted molar refractivity (Wildman–Crippen MR) is 91.4 cm³/mol. The van der Waals surface area contributed by atoms with Crippen molar-refractivity contribution in [2.24, 2.45) is 5.92 Å². The Labute approximate surface area is 135 Å². The maximum atomic E-state index is 12.3. The summed E-state index contributed by atoms with van der Waals surface area (Å²) >= 11 is 1.46. The van der Waals surface area contributed by atoms with E-state index in [1.54, 1.807) is 0 Å². The Balaban J connectivity index is 1.52. The first-order valence-corrected chi connectivity index (χ1v) is 8.83. The molecule has 0 atom stereocenters. The van der Waals surface area contributed by atoms with E-state index in [1.807, 2.05) is 24.3 Å². The summed E-state index contributed by atoms with van der Waals surface area (Å²) < 4.78 is 1.07. The summed E-state index contributed by atoms with van der Waals surface area (Å²) in [4.78, 5) is 19.2. The summed E-state index contributed by atoms with van der Waals surface area (Å²) in [6, 6.07) is 8.50. The monoisotopic (exact) mass is 317 g/mol. The van der Waals surface area contributed by atoms with Crippen molar-refractivity contribution in [2.75, 3.05) is 19.6 Å². The third-order valence-corrected chi connectivity index (χ3v) is 5.45. The van der Waals surface area contributed by atoms with Crippen LogP contribution in [0.2, 0.25) is 0 Å². The van der Waals surface area contributed by atoms with Crippen molar-refractivity contribution in [3.63, 3.8) is 0 Å². The van der Waals surface area contributed by atoms with Gasteiger partial charge in [0.25, 0.3) is 5.91 Å². The van der Waals surface area contributed by atoms with Crippen molar-refractivity contribution >= 4 is 27.5 Å². The number of hydrogen-bond acceptors (Lipinski definition) is 4. The van der Waals surface area contributed by atoms with Gasteiger partial charge in [-0.1, -0.05) is 12.1 Å². The van der Waals surface area contributed by atoms with Crippen LogP contribution in [0, 0.1) is 5.92 Å². The van der Waals surface area contributed by atoms with Crippen LogP contribution < -0.4 is 5.32 Å². The molecule has 2 aromatic rings. The minimum absolute atomic E-state index is 0.0347. The number of hydrogen-bond donors (Lipinski definition) is 1. The van der Waals surface area contributed by atoms with Gasteiger partial charge in [-0.05, 0) is 57.8 Å². The SMILES string of the molecule is CC(C)N1CCC(CNC(=O)c2nc3ccccc3s2)CC1. The van der Waals surface area contributed by atoms with Gasteiger partial charge in [-0.3, -0.25) is 4.79 Å². The summed E-state index contributed by atoms with van der Waals surface area (Å²) in [5.74, 6) is 0.556. The van der Waals surface area contributed by atoms with E-state index in [0.29, 0.717) is 17.0 Å². The number of aromatic nitrogens is 1. The molecular weight excluding hydrogens is 294 g/mol. The minimum atomic E-state index is -0.0347. The van der Waals surface area contributed by atoms with Crippen LogP contribution in [-0.2, 0) is 0 Å². The Kier molecular flexibility index (Phi) is 4.74. The molecule has 1 N–H and O–H groups in total. The Morgan fingerprint density at radius 1 is 1.36 bits per heavy atom. The van der Waals surface area contributed by atoms with Gasteiger partial charge in [0.1, 0.15) is 0 Å². The number of nitrogens with zero attached hydrogens (tertiary/aromatic N) is 2. The molecule has 118 valence electrons. The van der Waals surface area contributed by atoms with Gasteiger partial charge < -0.3 is 10.2 Å². The lowest BCUT2D eigenvalue weighted by Crippen LogP contribution is -2.41. The second-order valence-corrected chi connectivity index (χ2v) is 7.30. The fraction of sp³-hybridized carbons (Fsp3) is 0.529.